The molecule has 8 heteroatoms. The molecule has 1 amide bonds. The van der Waals surface area contributed by atoms with E-state index in [1.54, 1.807) is 4.68 Å². The molecule has 1 aromatic carbocycles. The second kappa shape index (κ2) is 8.97. The summed E-state index contributed by atoms with van der Waals surface area (Å²) < 4.78 is 3.74. The molecule has 0 aliphatic rings. The number of nitrogens with zero attached hydrogens (tertiary/aromatic N) is 5. The van der Waals surface area contributed by atoms with E-state index >= 15 is 0 Å². The number of benzene rings is 1. The van der Waals surface area contributed by atoms with Crippen LogP contribution in [0.15, 0.2) is 24.3 Å². The number of aryl methyl sites for hydroxylation is 1. The number of imidazole rings is 1. The van der Waals surface area contributed by atoms with Crippen molar-refractivity contribution >= 4 is 34.5 Å². The molecule has 0 aliphatic heterocycles. The number of para-hydroxylation sites is 2. The highest BCUT2D eigenvalue weighted by atomic mass is 35.5. The van der Waals surface area contributed by atoms with E-state index in [0.717, 1.165) is 48.6 Å². The first-order valence-electron chi connectivity index (χ1n) is 10.1. The smallest absolute Gasteiger partial charge is 0.251 e. The number of carbonyl (C=O) groups is 1. The van der Waals surface area contributed by atoms with E-state index in [-0.39, 0.29) is 5.91 Å². The van der Waals surface area contributed by atoms with Crippen molar-refractivity contribution in [2.75, 3.05) is 25.0 Å². The summed E-state index contributed by atoms with van der Waals surface area (Å²) in [6, 6.07) is 7.44. The van der Waals surface area contributed by atoms with Crippen LogP contribution in [0.1, 0.15) is 38.2 Å². The van der Waals surface area contributed by atoms with Gasteiger partial charge in [-0.3, -0.25) is 14.8 Å². The van der Waals surface area contributed by atoms with Crippen molar-refractivity contribution in [2.45, 2.75) is 47.2 Å². The van der Waals surface area contributed by atoms with Crippen LogP contribution in [0.2, 0.25) is 5.02 Å². The maximum absolute atomic E-state index is 13.0. The van der Waals surface area contributed by atoms with Crippen LogP contribution in [0.3, 0.4) is 0 Å². The fourth-order valence-corrected chi connectivity index (χ4v) is 3.65. The molecule has 0 aliphatic carbocycles. The van der Waals surface area contributed by atoms with Crippen molar-refractivity contribution in [1.29, 1.82) is 0 Å². The lowest BCUT2D eigenvalue weighted by Gasteiger charge is -2.20. The summed E-state index contributed by atoms with van der Waals surface area (Å²) in [5.41, 5.74) is 3.37. The topological polar surface area (TPSA) is 68.0 Å². The van der Waals surface area contributed by atoms with Crippen molar-refractivity contribution in [3.63, 3.8) is 0 Å². The van der Waals surface area contributed by atoms with Crippen LogP contribution >= 0.6 is 11.6 Å². The zero-order valence-corrected chi connectivity index (χ0v) is 18.5. The van der Waals surface area contributed by atoms with Crippen molar-refractivity contribution in [2.24, 2.45) is 0 Å². The predicted molar refractivity (Wildman–Crippen MR) is 118 cm³/mol. The SMILES string of the molecule is CCN(CC)CCn1c(NC(=O)C(C)n2nc(C)c(Cl)c2C)nc2ccccc21. The Hall–Kier alpha value is -2.38. The van der Waals surface area contributed by atoms with Crippen LogP contribution in [0, 0.1) is 13.8 Å². The molecule has 0 spiro atoms. The average Bonchev–Trinajstić information content (AvgIpc) is 3.20. The van der Waals surface area contributed by atoms with Gasteiger partial charge in [-0.15, -0.1) is 0 Å². The highest BCUT2D eigenvalue weighted by molar-refractivity contribution is 6.31. The molecule has 2 aromatic heterocycles. The minimum absolute atomic E-state index is 0.174. The molecular weight excluding hydrogens is 388 g/mol. The van der Waals surface area contributed by atoms with Crippen LogP contribution in [0.5, 0.6) is 0 Å². The summed E-state index contributed by atoms with van der Waals surface area (Å²) in [6.45, 7) is 13.4. The lowest BCUT2D eigenvalue weighted by atomic mass is 10.3. The summed E-state index contributed by atoms with van der Waals surface area (Å²) in [5.74, 6) is 0.384. The van der Waals surface area contributed by atoms with Gasteiger partial charge in [0, 0.05) is 13.1 Å². The van der Waals surface area contributed by atoms with Gasteiger partial charge in [-0.2, -0.15) is 5.10 Å². The van der Waals surface area contributed by atoms with E-state index in [9.17, 15) is 4.79 Å². The Morgan fingerprint density at radius 1 is 1.24 bits per heavy atom. The molecule has 0 fully saturated rings. The number of likely N-dealkylation sites (N-methyl/N-ethyl adjacent to an activating group) is 1. The lowest BCUT2D eigenvalue weighted by molar-refractivity contribution is -0.119. The molecule has 3 rings (SSSR count). The number of anilines is 1. The lowest BCUT2D eigenvalue weighted by Crippen LogP contribution is -2.29. The number of aromatic nitrogens is 4. The predicted octanol–water partition coefficient (Wildman–Crippen LogP) is 4.04. The molecular formula is C21H29ClN6O. The van der Waals surface area contributed by atoms with E-state index < -0.39 is 6.04 Å². The standard InChI is InChI=1S/C21H29ClN6O/c1-6-26(7-2)12-13-27-18-11-9-8-10-17(18)23-21(27)24-20(29)16(5)28-15(4)19(22)14(3)25-28/h8-11,16H,6-7,12-13H2,1-5H3,(H,23,24,29). The Kier molecular flexibility index (Phi) is 6.59. The summed E-state index contributed by atoms with van der Waals surface area (Å²) in [5, 5.41) is 8.01. The van der Waals surface area contributed by atoms with E-state index in [0.29, 0.717) is 11.0 Å². The third kappa shape index (κ3) is 4.31. The Bertz CT molecular complexity index is 1000. The van der Waals surface area contributed by atoms with Crippen molar-refractivity contribution < 1.29 is 4.79 Å². The molecule has 1 N–H and O–H groups in total. The number of hydrogen-bond donors (Lipinski definition) is 1. The van der Waals surface area contributed by atoms with Crippen LogP contribution in [0.25, 0.3) is 11.0 Å². The molecule has 0 radical (unpaired) electrons. The van der Waals surface area contributed by atoms with Crippen molar-refractivity contribution in [3.05, 3.63) is 40.7 Å². The van der Waals surface area contributed by atoms with Gasteiger partial charge in [0.25, 0.3) is 5.91 Å². The minimum atomic E-state index is -0.503. The van der Waals surface area contributed by atoms with E-state index in [1.807, 2.05) is 45.0 Å². The Morgan fingerprint density at radius 3 is 2.55 bits per heavy atom. The first kappa shape index (κ1) is 21.3. The number of amides is 1. The minimum Gasteiger partial charge on any atom is -0.309 e. The van der Waals surface area contributed by atoms with Gasteiger partial charge in [0.15, 0.2) is 0 Å². The zero-order chi connectivity index (χ0) is 21.1. The van der Waals surface area contributed by atoms with Crippen molar-refractivity contribution in [1.82, 2.24) is 24.2 Å². The Balaban J connectivity index is 1.87. The van der Waals surface area contributed by atoms with Gasteiger partial charge >= 0.3 is 0 Å². The van der Waals surface area contributed by atoms with Crippen LogP contribution in [-0.4, -0.2) is 49.8 Å². The fourth-order valence-electron chi connectivity index (χ4n) is 3.52. The first-order valence-corrected chi connectivity index (χ1v) is 10.4. The highest BCUT2D eigenvalue weighted by Crippen LogP contribution is 2.24. The average molecular weight is 417 g/mol. The van der Waals surface area contributed by atoms with Gasteiger partial charge in [0.2, 0.25) is 5.95 Å². The van der Waals surface area contributed by atoms with Crippen LogP contribution in [-0.2, 0) is 11.3 Å². The summed E-state index contributed by atoms with van der Waals surface area (Å²) in [6.07, 6.45) is 0. The first-order chi connectivity index (χ1) is 13.9. The number of hydrogen-bond acceptors (Lipinski definition) is 4. The molecule has 7 nitrogen and oxygen atoms in total. The Morgan fingerprint density at radius 2 is 1.93 bits per heavy atom. The molecule has 156 valence electrons. The van der Waals surface area contributed by atoms with Crippen LogP contribution < -0.4 is 5.32 Å². The zero-order valence-electron chi connectivity index (χ0n) is 17.7. The van der Waals surface area contributed by atoms with E-state index in [2.05, 4.69) is 38.7 Å². The number of carbonyl (C=O) groups excluding carboxylic acids is 1. The third-order valence-corrected chi connectivity index (χ3v) is 5.95. The molecule has 3 aromatic rings. The molecule has 2 heterocycles. The van der Waals surface area contributed by atoms with Gasteiger partial charge < -0.3 is 9.47 Å². The normalized spacial score (nSPS) is 12.7. The van der Waals surface area contributed by atoms with Gasteiger partial charge in [-0.05, 0) is 46.0 Å². The second-order valence-corrected chi connectivity index (χ2v) is 7.58. The van der Waals surface area contributed by atoms with Crippen molar-refractivity contribution in [3.8, 4) is 0 Å². The third-order valence-electron chi connectivity index (χ3n) is 5.41. The number of fused-ring (bicyclic) bond motifs is 1. The largest absolute Gasteiger partial charge is 0.309 e. The monoisotopic (exact) mass is 416 g/mol. The molecule has 0 bridgehead atoms. The molecule has 1 atom stereocenters. The quantitative estimate of drug-likeness (QED) is 0.601. The molecule has 0 saturated heterocycles. The Labute approximate surface area is 176 Å². The van der Waals surface area contributed by atoms with E-state index in [4.69, 9.17) is 11.6 Å². The molecule has 29 heavy (non-hydrogen) atoms. The van der Waals surface area contributed by atoms with Gasteiger partial charge in [0.05, 0.1) is 27.4 Å². The number of rotatable bonds is 8. The van der Waals surface area contributed by atoms with E-state index in [1.165, 1.54) is 0 Å². The van der Waals surface area contributed by atoms with Gasteiger partial charge in [0.1, 0.15) is 6.04 Å². The van der Waals surface area contributed by atoms with Gasteiger partial charge in [-0.1, -0.05) is 37.6 Å². The second-order valence-electron chi connectivity index (χ2n) is 7.20. The maximum atomic E-state index is 13.0. The number of nitrogens with one attached hydrogen (secondary N) is 1. The summed E-state index contributed by atoms with van der Waals surface area (Å²) in [4.78, 5) is 20.0. The summed E-state index contributed by atoms with van der Waals surface area (Å²) >= 11 is 6.25. The summed E-state index contributed by atoms with van der Waals surface area (Å²) in [7, 11) is 0. The van der Waals surface area contributed by atoms with Gasteiger partial charge in [-0.25, -0.2) is 4.98 Å². The molecule has 1 unspecified atom stereocenters. The highest BCUT2D eigenvalue weighted by Gasteiger charge is 2.22. The number of halogens is 1. The molecule has 0 saturated carbocycles. The van der Waals surface area contributed by atoms with Crippen LogP contribution in [0.4, 0.5) is 5.95 Å². The fraction of sp³-hybridized carbons (Fsp3) is 0.476. The maximum Gasteiger partial charge on any atom is 0.251 e.